The predicted octanol–water partition coefficient (Wildman–Crippen LogP) is 7.65. The van der Waals surface area contributed by atoms with E-state index in [0.717, 1.165) is 58.2 Å². The van der Waals surface area contributed by atoms with E-state index < -0.39 is 0 Å². The van der Waals surface area contributed by atoms with Gasteiger partial charge in [0.2, 0.25) is 0 Å². The third-order valence-corrected chi connectivity index (χ3v) is 7.94. The van der Waals surface area contributed by atoms with Crippen LogP contribution in [0.15, 0.2) is 59.6 Å². The Labute approximate surface area is 211 Å². The number of rotatable bonds is 5. The zero-order chi connectivity index (χ0) is 24.5. The number of aryl methyl sites for hydroxylation is 4. The molecule has 2 heterocycles. The first-order valence-electron chi connectivity index (χ1n) is 12.2. The molecule has 0 fully saturated rings. The molecule has 0 unspecified atom stereocenters. The van der Waals surface area contributed by atoms with Crippen LogP contribution in [0.3, 0.4) is 0 Å². The summed E-state index contributed by atoms with van der Waals surface area (Å²) >= 11 is 1.67. The molecule has 2 aromatic carbocycles. The lowest BCUT2D eigenvalue weighted by Gasteiger charge is -2.13. The van der Waals surface area contributed by atoms with E-state index in [1.165, 1.54) is 28.0 Å². The molecule has 178 valence electrons. The van der Waals surface area contributed by atoms with Crippen LogP contribution in [-0.2, 0) is 12.8 Å². The van der Waals surface area contributed by atoms with Gasteiger partial charge >= 0.3 is 0 Å². The average molecular weight is 482 g/mol. The van der Waals surface area contributed by atoms with Crippen LogP contribution in [0.4, 0.5) is 10.7 Å². The molecule has 1 N–H and O–H groups in total. The summed E-state index contributed by atoms with van der Waals surface area (Å²) in [5, 5.41) is 3.91. The monoisotopic (exact) mass is 481 g/mol. The lowest BCUT2D eigenvalue weighted by atomic mass is 9.95. The maximum absolute atomic E-state index is 13.4. The molecule has 0 bridgehead atoms. The minimum absolute atomic E-state index is 0.0642. The van der Waals surface area contributed by atoms with Crippen LogP contribution in [0, 0.1) is 27.7 Å². The topological polar surface area (TPSA) is 46.4 Å². The number of carbonyl (C=O) groups excluding carboxylic acids is 1. The number of anilines is 1. The van der Waals surface area contributed by atoms with Gasteiger partial charge in [-0.05, 0) is 94.8 Å². The Bertz CT molecular complexity index is 1420. The van der Waals surface area contributed by atoms with E-state index in [-0.39, 0.29) is 5.91 Å². The molecule has 0 saturated heterocycles. The highest BCUT2D eigenvalue weighted by molar-refractivity contribution is 7.16. The molecule has 0 aliphatic heterocycles. The number of hydrogen-bond acceptors (Lipinski definition) is 3. The third-order valence-electron chi connectivity index (χ3n) is 6.74. The van der Waals surface area contributed by atoms with E-state index >= 15 is 0 Å². The Hall–Kier alpha value is -3.44. The standard InChI is InChI=1S/C30H31N3OS/c1-19-12-14-24(15-13-19)32-29(34)28-26-10-5-6-11-27(26)35-30(28)31-18-23-17-21(3)33(22(23)4)25-9-7-8-20(2)16-25/h7-9,12-18H,5-6,10-11H2,1-4H3,(H,32,34). The highest BCUT2D eigenvalue weighted by Gasteiger charge is 2.25. The summed E-state index contributed by atoms with van der Waals surface area (Å²) in [5.74, 6) is -0.0642. The van der Waals surface area contributed by atoms with Gasteiger partial charge in [-0.2, -0.15) is 0 Å². The summed E-state index contributed by atoms with van der Waals surface area (Å²) in [4.78, 5) is 19.6. The molecule has 1 aliphatic carbocycles. The number of benzene rings is 2. The van der Waals surface area contributed by atoms with Crippen molar-refractivity contribution < 1.29 is 4.79 Å². The van der Waals surface area contributed by atoms with Crippen molar-refractivity contribution in [2.45, 2.75) is 53.4 Å². The average Bonchev–Trinajstić information content (AvgIpc) is 3.35. The van der Waals surface area contributed by atoms with Crippen molar-refractivity contribution in [3.8, 4) is 5.69 Å². The van der Waals surface area contributed by atoms with Gasteiger partial charge in [-0.25, -0.2) is 4.99 Å². The second-order valence-electron chi connectivity index (χ2n) is 9.47. The number of hydrogen-bond donors (Lipinski definition) is 1. The Morgan fingerprint density at radius 3 is 2.51 bits per heavy atom. The number of aromatic nitrogens is 1. The summed E-state index contributed by atoms with van der Waals surface area (Å²) in [7, 11) is 0. The van der Waals surface area contributed by atoms with Crippen molar-refractivity contribution in [2.75, 3.05) is 5.32 Å². The quantitative estimate of drug-likeness (QED) is 0.292. The largest absolute Gasteiger partial charge is 0.322 e. The molecule has 2 aromatic heterocycles. The van der Waals surface area contributed by atoms with Gasteiger partial charge < -0.3 is 9.88 Å². The van der Waals surface area contributed by atoms with Crippen LogP contribution in [-0.4, -0.2) is 16.7 Å². The van der Waals surface area contributed by atoms with Gasteiger partial charge in [0, 0.05) is 39.4 Å². The molecular weight excluding hydrogens is 450 g/mol. The van der Waals surface area contributed by atoms with Crippen molar-refractivity contribution >= 4 is 34.1 Å². The molecule has 0 radical (unpaired) electrons. The number of fused-ring (bicyclic) bond motifs is 1. The molecule has 0 saturated carbocycles. The van der Waals surface area contributed by atoms with Crippen molar-refractivity contribution in [3.63, 3.8) is 0 Å². The summed E-state index contributed by atoms with van der Waals surface area (Å²) < 4.78 is 2.26. The molecule has 1 amide bonds. The first-order valence-corrected chi connectivity index (χ1v) is 13.0. The van der Waals surface area contributed by atoms with E-state index in [1.54, 1.807) is 11.3 Å². The molecule has 4 nitrogen and oxygen atoms in total. The van der Waals surface area contributed by atoms with E-state index in [4.69, 9.17) is 4.99 Å². The van der Waals surface area contributed by atoms with Gasteiger partial charge in [-0.15, -0.1) is 11.3 Å². The fraction of sp³-hybridized carbons (Fsp3) is 0.267. The lowest BCUT2D eigenvalue weighted by molar-refractivity contribution is 0.102. The zero-order valence-electron chi connectivity index (χ0n) is 20.8. The molecule has 0 atom stereocenters. The maximum atomic E-state index is 13.4. The van der Waals surface area contributed by atoms with Gasteiger partial charge in [0.05, 0.1) is 5.56 Å². The minimum Gasteiger partial charge on any atom is -0.322 e. The number of nitrogens with zero attached hydrogens (tertiary/aromatic N) is 2. The van der Waals surface area contributed by atoms with Gasteiger partial charge in [0.25, 0.3) is 5.91 Å². The Morgan fingerprint density at radius 1 is 0.971 bits per heavy atom. The predicted molar refractivity (Wildman–Crippen MR) is 147 cm³/mol. The smallest absolute Gasteiger partial charge is 0.259 e. The molecular formula is C30H31N3OS. The van der Waals surface area contributed by atoms with Crippen molar-refractivity contribution in [3.05, 3.63) is 98.7 Å². The van der Waals surface area contributed by atoms with E-state index in [0.29, 0.717) is 0 Å². The number of thiophene rings is 1. The van der Waals surface area contributed by atoms with Crippen LogP contribution >= 0.6 is 11.3 Å². The van der Waals surface area contributed by atoms with Crippen LogP contribution in [0.2, 0.25) is 0 Å². The van der Waals surface area contributed by atoms with Crippen LogP contribution < -0.4 is 5.32 Å². The van der Waals surface area contributed by atoms with E-state index in [1.807, 2.05) is 37.4 Å². The zero-order valence-corrected chi connectivity index (χ0v) is 21.6. The molecule has 5 rings (SSSR count). The van der Waals surface area contributed by atoms with E-state index in [2.05, 4.69) is 61.0 Å². The minimum atomic E-state index is -0.0642. The summed E-state index contributed by atoms with van der Waals surface area (Å²) in [6.45, 7) is 8.41. The van der Waals surface area contributed by atoms with Gasteiger partial charge in [-0.3, -0.25) is 4.79 Å². The normalized spacial score (nSPS) is 13.3. The summed E-state index contributed by atoms with van der Waals surface area (Å²) in [6, 6.07) is 18.6. The Balaban J connectivity index is 1.49. The number of nitrogens with one attached hydrogen (secondary N) is 1. The molecule has 35 heavy (non-hydrogen) atoms. The van der Waals surface area contributed by atoms with Crippen LogP contribution in [0.25, 0.3) is 5.69 Å². The highest BCUT2D eigenvalue weighted by Crippen LogP contribution is 2.40. The highest BCUT2D eigenvalue weighted by atomic mass is 32.1. The number of aliphatic imine (C=N–C) groups is 1. The van der Waals surface area contributed by atoms with Gasteiger partial charge in [0.15, 0.2) is 0 Å². The number of carbonyl (C=O) groups is 1. The summed E-state index contributed by atoms with van der Waals surface area (Å²) in [5.41, 5.74) is 9.68. The van der Waals surface area contributed by atoms with Crippen molar-refractivity contribution in [1.29, 1.82) is 0 Å². The first-order chi connectivity index (χ1) is 16.9. The molecule has 1 aliphatic rings. The van der Waals surface area contributed by atoms with Gasteiger partial charge in [0.1, 0.15) is 5.00 Å². The SMILES string of the molecule is Cc1ccc(NC(=O)c2c(N=Cc3cc(C)n(-c4cccc(C)c4)c3C)sc3c2CCCC3)cc1. The Morgan fingerprint density at radius 2 is 1.74 bits per heavy atom. The van der Waals surface area contributed by atoms with E-state index in [9.17, 15) is 4.79 Å². The first kappa shape index (κ1) is 23.3. The Kier molecular flexibility index (Phi) is 6.44. The summed E-state index contributed by atoms with van der Waals surface area (Å²) in [6.07, 6.45) is 6.19. The second-order valence-corrected chi connectivity index (χ2v) is 10.6. The van der Waals surface area contributed by atoms with Crippen LogP contribution in [0.5, 0.6) is 0 Å². The fourth-order valence-corrected chi connectivity index (χ4v) is 6.15. The molecule has 0 spiro atoms. The molecule has 5 heteroatoms. The fourth-order valence-electron chi connectivity index (χ4n) is 4.92. The maximum Gasteiger partial charge on any atom is 0.259 e. The molecule has 4 aromatic rings. The third kappa shape index (κ3) is 4.73. The van der Waals surface area contributed by atoms with Crippen LogP contribution in [0.1, 0.15) is 61.7 Å². The van der Waals surface area contributed by atoms with Crippen molar-refractivity contribution in [1.82, 2.24) is 4.57 Å². The van der Waals surface area contributed by atoms with Crippen molar-refractivity contribution in [2.24, 2.45) is 4.99 Å². The van der Waals surface area contributed by atoms with Gasteiger partial charge in [-0.1, -0.05) is 29.8 Å². The number of amides is 1. The second kappa shape index (κ2) is 9.67. The lowest BCUT2D eigenvalue weighted by Crippen LogP contribution is -2.14.